The number of carbonyl (C=O) groups is 1. The number of fused-ring (bicyclic) bond motifs is 1. The number of tetrazole rings is 1. The number of rotatable bonds is 3. The fraction of sp³-hybridized carbons (Fsp3) is 0.545. The summed E-state index contributed by atoms with van der Waals surface area (Å²) >= 11 is 0. The van der Waals surface area contributed by atoms with Gasteiger partial charge in [0.1, 0.15) is 11.9 Å². The van der Waals surface area contributed by atoms with E-state index >= 15 is 0 Å². The van der Waals surface area contributed by atoms with E-state index in [1.807, 2.05) is 6.92 Å². The van der Waals surface area contributed by atoms with Crippen LogP contribution in [-0.4, -0.2) is 68.4 Å². The van der Waals surface area contributed by atoms with Crippen molar-refractivity contribution in [3.8, 4) is 0 Å². The van der Waals surface area contributed by atoms with E-state index in [9.17, 15) is 4.79 Å². The standard InChI is InChI=1S/C11H15N7O2/c1-8(11(19)17-4-6-20-7-5-17)12-9-2-3-10-13-15-16-18(10)14-9/h2-3,8H,4-7H2,1H3,(H,12,14). The molecule has 1 amide bonds. The van der Waals surface area contributed by atoms with Crippen molar-refractivity contribution < 1.29 is 9.53 Å². The molecule has 0 radical (unpaired) electrons. The lowest BCUT2D eigenvalue weighted by molar-refractivity contribution is -0.135. The Balaban J connectivity index is 1.67. The Morgan fingerprint density at radius 3 is 3.00 bits per heavy atom. The molecule has 0 bridgehead atoms. The minimum Gasteiger partial charge on any atom is -0.378 e. The van der Waals surface area contributed by atoms with Crippen molar-refractivity contribution in [1.82, 2.24) is 30.2 Å². The molecule has 2 aromatic heterocycles. The van der Waals surface area contributed by atoms with E-state index in [1.54, 1.807) is 17.0 Å². The van der Waals surface area contributed by atoms with Crippen LogP contribution in [0.15, 0.2) is 12.1 Å². The minimum atomic E-state index is -0.366. The van der Waals surface area contributed by atoms with Gasteiger partial charge in [0.05, 0.1) is 13.2 Å². The fourth-order valence-corrected chi connectivity index (χ4v) is 2.07. The molecular formula is C11H15N7O2. The summed E-state index contributed by atoms with van der Waals surface area (Å²) in [5, 5.41) is 18.2. The van der Waals surface area contributed by atoms with Crippen molar-refractivity contribution in [3.63, 3.8) is 0 Å². The zero-order chi connectivity index (χ0) is 13.9. The number of ether oxygens (including phenoxy) is 1. The van der Waals surface area contributed by atoms with E-state index in [0.717, 1.165) is 0 Å². The molecule has 1 atom stereocenters. The number of morpholine rings is 1. The van der Waals surface area contributed by atoms with Crippen LogP contribution in [0.2, 0.25) is 0 Å². The molecule has 3 rings (SSSR count). The Bertz CT molecular complexity index is 608. The summed E-state index contributed by atoms with van der Waals surface area (Å²) in [6, 6.07) is 3.12. The number of hydrogen-bond donors (Lipinski definition) is 1. The fourth-order valence-electron chi connectivity index (χ4n) is 2.07. The van der Waals surface area contributed by atoms with Crippen LogP contribution in [0, 0.1) is 0 Å². The van der Waals surface area contributed by atoms with Gasteiger partial charge < -0.3 is 15.0 Å². The van der Waals surface area contributed by atoms with Gasteiger partial charge in [0.15, 0.2) is 5.65 Å². The summed E-state index contributed by atoms with van der Waals surface area (Å²) in [7, 11) is 0. The van der Waals surface area contributed by atoms with Crippen LogP contribution < -0.4 is 5.32 Å². The second kappa shape index (κ2) is 5.37. The Morgan fingerprint density at radius 2 is 2.20 bits per heavy atom. The second-order valence-corrected chi connectivity index (χ2v) is 4.55. The molecule has 1 fully saturated rings. The average molecular weight is 277 g/mol. The highest BCUT2D eigenvalue weighted by molar-refractivity contribution is 5.84. The summed E-state index contributed by atoms with van der Waals surface area (Å²) in [4.78, 5) is 14.0. The molecule has 1 N–H and O–H groups in total. The highest BCUT2D eigenvalue weighted by Gasteiger charge is 2.22. The van der Waals surface area contributed by atoms with Gasteiger partial charge in [-0.2, -0.15) is 0 Å². The molecule has 1 aliphatic rings. The number of hydrogen-bond acceptors (Lipinski definition) is 7. The Labute approximate surface area is 114 Å². The molecule has 0 spiro atoms. The lowest BCUT2D eigenvalue weighted by Crippen LogP contribution is -2.47. The first-order valence-electron chi connectivity index (χ1n) is 6.42. The third-order valence-electron chi connectivity index (χ3n) is 3.13. The minimum absolute atomic E-state index is 0.0342. The van der Waals surface area contributed by atoms with Crippen LogP contribution >= 0.6 is 0 Å². The maximum atomic E-state index is 12.2. The maximum absolute atomic E-state index is 12.2. The van der Waals surface area contributed by atoms with Gasteiger partial charge in [0, 0.05) is 13.1 Å². The number of amides is 1. The number of anilines is 1. The highest BCUT2D eigenvalue weighted by Crippen LogP contribution is 2.08. The summed E-state index contributed by atoms with van der Waals surface area (Å²) < 4.78 is 6.55. The van der Waals surface area contributed by atoms with Gasteiger partial charge in [-0.1, -0.05) is 0 Å². The van der Waals surface area contributed by atoms with Gasteiger partial charge in [0.2, 0.25) is 5.91 Å². The first kappa shape index (κ1) is 12.7. The average Bonchev–Trinajstić information content (AvgIpc) is 2.95. The summed E-state index contributed by atoms with van der Waals surface area (Å²) in [6.45, 7) is 4.25. The van der Waals surface area contributed by atoms with Gasteiger partial charge in [0.25, 0.3) is 0 Å². The van der Waals surface area contributed by atoms with Gasteiger partial charge >= 0.3 is 0 Å². The van der Waals surface area contributed by atoms with Crippen molar-refractivity contribution >= 4 is 17.4 Å². The Morgan fingerprint density at radius 1 is 1.40 bits per heavy atom. The summed E-state index contributed by atoms with van der Waals surface area (Å²) in [5.74, 6) is 0.589. The van der Waals surface area contributed by atoms with Crippen LogP contribution in [0.25, 0.3) is 5.65 Å². The molecule has 106 valence electrons. The summed E-state index contributed by atoms with van der Waals surface area (Å²) in [5.41, 5.74) is 0.558. The van der Waals surface area contributed by atoms with Crippen molar-refractivity contribution in [1.29, 1.82) is 0 Å². The van der Waals surface area contributed by atoms with Crippen molar-refractivity contribution in [2.24, 2.45) is 0 Å². The number of aromatic nitrogens is 5. The normalized spacial score (nSPS) is 17.1. The molecule has 9 heteroatoms. The lowest BCUT2D eigenvalue weighted by atomic mass is 10.2. The van der Waals surface area contributed by atoms with E-state index in [4.69, 9.17) is 4.74 Å². The van der Waals surface area contributed by atoms with Gasteiger partial charge in [-0.3, -0.25) is 4.79 Å². The smallest absolute Gasteiger partial charge is 0.244 e. The molecule has 0 aromatic carbocycles. The van der Waals surface area contributed by atoms with E-state index < -0.39 is 0 Å². The van der Waals surface area contributed by atoms with Crippen molar-refractivity contribution in [3.05, 3.63) is 12.1 Å². The molecule has 1 unspecified atom stereocenters. The van der Waals surface area contributed by atoms with Gasteiger partial charge in [-0.15, -0.1) is 14.8 Å². The van der Waals surface area contributed by atoms with Crippen LogP contribution in [0.4, 0.5) is 5.82 Å². The molecule has 9 nitrogen and oxygen atoms in total. The third kappa shape index (κ3) is 2.52. The van der Waals surface area contributed by atoms with Crippen molar-refractivity contribution in [2.45, 2.75) is 13.0 Å². The van der Waals surface area contributed by atoms with E-state index in [0.29, 0.717) is 37.8 Å². The Hall–Kier alpha value is -2.29. The molecular weight excluding hydrogens is 262 g/mol. The number of carbonyl (C=O) groups excluding carboxylic acids is 1. The molecule has 20 heavy (non-hydrogen) atoms. The molecule has 0 aliphatic carbocycles. The van der Waals surface area contributed by atoms with Gasteiger partial charge in [-0.25, -0.2) is 0 Å². The molecule has 0 saturated carbocycles. The van der Waals surface area contributed by atoms with Crippen LogP contribution in [-0.2, 0) is 9.53 Å². The highest BCUT2D eigenvalue weighted by atomic mass is 16.5. The topological polar surface area (TPSA) is 97.5 Å². The summed E-state index contributed by atoms with van der Waals surface area (Å²) in [6.07, 6.45) is 0. The molecule has 3 heterocycles. The predicted octanol–water partition coefficient (Wildman–Crippen LogP) is -0.821. The van der Waals surface area contributed by atoms with E-state index in [1.165, 1.54) is 4.63 Å². The Kier molecular flexibility index (Phi) is 3.42. The maximum Gasteiger partial charge on any atom is 0.244 e. The monoisotopic (exact) mass is 277 g/mol. The first-order valence-corrected chi connectivity index (χ1v) is 6.42. The van der Waals surface area contributed by atoms with Crippen molar-refractivity contribution in [2.75, 3.05) is 31.6 Å². The lowest BCUT2D eigenvalue weighted by Gasteiger charge is -2.29. The van der Waals surface area contributed by atoms with Crippen LogP contribution in [0.3, 0.4) is 0 Å². The van der Waals surface area contributed by atoms with E-state index in [2.05, 4.69) is 25.9 Å². The first-order chi connectivity index (χ1) is 9.74. The van der Waals surface area contributed by atoms with Gasteiger partial charge in [-0.05, 0) is 29.5 Å². The molecule has 1 aliphatic heterocycles. The number of nitrogens with zero attached hydrogens (tertiary/aromatic N) is 6. The van der Waals surface area contributed by atoms with Crippen LogP contribution in [0.1, 0.15) is 6.92 Å². The zero-order valence-corrected chi connectivity index (χ0v) is 11.1. The predicted molar refractivity (Wildman–Crippen MR) is 69.1 cm³/mol. The zero-order valence-electron chi connectivity index (χ0n) is 11.1. The largest absolute Gasteiger partial charge is 0.378 e. The third-order valence-corrected chi connectivity index (χ3v) is 3.13. The molecule has 1 saturated heterocycles. The van der Waals surface area contributed by atoms with E-state index in [-0.39, 0.29) is 11.9 Å². The quantitative estimate of drug-likeness (QED) is 0.782. The number of nitrogens with one attached hydrogen (secondary N) is 1. The second-order valence-electron chi connectivity index (χ2n) is 4.55. The molecule has 2 aromatic rings. The SMILES string of the molecule is CC(Nc1ccc2nnnn2n1)C(=O)N1CCOCC1. The van der Waals surface area contributed by atoms with Crippen LogP contribution in [0.5, 0.6) is 0 Å².